The van der Waals surface area contributed by atoms with Crippen LogP contribution in [0.25, 0.3) is 0 Å². The number of nitrogens with zero attached hydrogens (tertiary/aromatic N) is 3. The molecule has 4 rings (SSSR count). The zero-order chi connectivity index (χ0) is 29.5. The topological polar surface area (TPSA) is 114 Å². The van der Waals surface area contributed by atoms with Crippen molar-refractivity contribution in [2.45, 2.75) is 76.6 Å². The summed E-state index contributed by atoms with van der Waals surface area (Å²) in [6.45, 7) is 0.659. The number of carboxylic acids is 1. The first kappa shape index (κ1) is 30.2. The standard InChI is InChI=1S/C26H28Cl2F4N4O4/c1-24(23(39)40)7-3-14(4-8-24)36-21(26(30,31)32)15(10-34-36)22(38)35-19(25(13-29)5-2-6-25)9-18(37)20-16(27)11-33-12-17(20)28/h10-12,14,19H,2-9,13H2,1H3,(H,35,38)(H,39,40). The Hall–Kier alpha value is -2.73. The maximum absolute atomic E-state index is 14.3. The van der Waals surface area contributed by atoms with Crippen LogP contribution in [0.5, 0.6) is 0 Å². The predicted octanol–water partition coefficient (Wildman–Crippen LogP) is 6.32. The van der Waals surface area contributed by atoms with Gasteiger partial charge in [-0.2, -0.15) is 18.3 Å². The summed E-state index contributed by atoms with van der Waals surface area (Å²) >= 11 is 12.2. The SMILES string of the molecule is CC1(C(=O)O)CCC(n2ncc(C(=O)NC(CC(=O)c3c(Cl)cncc3Cl)C3(CF)CCC3)c2C(F)(F)F)CC1. The fourth-order valence-corrected chi connectivity index (χ4v) is 6.19. The van der Waals surface area contributed by atoms with Gasteiger partial charge in [-0.25, -0.2) is 0 Å². The third-order valence-electron chi connectivity index (χ3n) is 8.41. The van der Waals surface area contributed by atoms with Gasteiger partial charge in [0.2, 0.25) is 0 Å². The van der Waals surface area contributed by atoms with Gasteiger partial charge >= 0.3 is 12.1 Å². The van der Waals surface area contributed by atoms with Crippen LogP contribution in [0.3, 0.4) is 0 Å². The molecular weight excluding hydrogens is 579 g/mol. The van der Waals surface area contributed by atoms with Crippen LogP contribution in [0.4, 0.5) is 17.6 Å². The summed E-state index contributed by atoms with van der Waals surface area (Å²) in [6.07, 6.45) is -0.346. The zero-order valence-electron chi connectivity index (χ0n) is 21.5. The number of aliphatic carboxylic acids is 1. The smallest absolute Gasteiger partial charge is 0.433 e. The molecule has 2 saturated carbocycles. The van der Waals surface area contributed by atoms with Crippen molar-refractivity contribution in [3.63, 3.8) is 0 Å². The van der Waals surface area contributed by atoms with Crippen LogP contribution >= 0.6 is 23.2 Å². The fourth-order valence-electron chi connectivity index (χ4n) is 5.61. The van der Waals surface area contributed by atoms with Crippen molar-refractivity contribution >= 4 is 40.9 Å². The molecule has 0 aliphatic heterocycles. The Morgan fingerprint density at radius 3 is 2.20 bits per heavy atom. The summed E-state index contributed by atoms with van der Waals surface area (Å²) in [6, 6.07) is -1.90. The van der Waals surface area contributed by atoms with E-state index in [1.807, 2.05) is 0 Å². The second-order valence-electron chi connectivity index (χ2n) is 10.9. The van der Waals surface area contributed by atoms with E-state index in [2.05, 4.69) is 15.4 Å². The van der Waals surface area contributed by atoms with Gasteiger partial charge in [-0.05, 0) is 45.4 Å². The number of carbonyl (C=O) groups is 3. The summed E-state index contributed by atoms with van der Waals surface area (Å²) in [5, 5.41) is 15.7. The highest BCUT2D eigenvalue weighted by molar-refractivity contribution is 6.39. The van der Waals surface area contributed by atoms with E-state index in [0.29, 0.717) is 19.3 Å². The number of Topliss-reactive ketones (excluding diaryl/α,β-unsaturated/α-hetero) is 1. The molecule has 2 fully saturated rings. The van der Waals surface area contributed by atoms with E-state index in [1.54, 1.807) is 6.92 Å². The highest BCUT2D eigenvalue weighted by Crippen LogP contribution is 2.47. The molecule has 8 nitrogen and oxygen atoms in total. The molecule has 14 heteroatoms. The van der Waals surface area contributed by atoms with E-state index in [4.69, 9.17) is 23.2 Å². The summed E-state index contributed by atoms with van der Waals surface area (Å²) in [4.78, 5) is 41.8. The second-order valence-corrected chi connectivity index (χ2v) is 11.7. The monoisotopic (exact) mass is 606 g/mol. The fraction of sp³-hybridized carbons (Fsp3) is 0.577. The van der Waals surface area contributed by atoms with Gasteiger partial charge in [0.25, 0.3) is 5.91 Å². The molecule has 2 aliphatic rings. The molecular formula is C26H28Cl2F4N4O4. The number of aromatic nitrogens is 3. The maximum atomic E-state index is 14.3. The van der Waals surface area contributed by atoms with Crippen molar-refractivity contribution in [1.82, 2.24) is 20.1 Å². The second kappa shape index (κ2) is 11.3. The van der Waals surface area contributed by atoms with Crippen molar-refractivity contribution in [1.29, 1.82) is 0 Å². The molecule has 0 saturated heterocycles. The Labute approximate surface area is 237 Å². The lowest BCUT2D eigenvalue weighted by atomic mass is 9.63. The Kier molecular flexibility index (Phi) is 8.52. The number of hydrogen-bond donors (Lipinski definition) is 2. The molecule has 218 valence electrons. The molecule has 2 aromatic rings. The van der Waals surface area contributed by atoms with E-state index in [-0.39, 0.29) is 41.3 Å². The molecule has 2 N–H and O–H groups in total. The summed E-state index contributed by atoms with van der Waals surface area (Å²) in [7, 11) is 0. The van der Waals surface area contributed by atoms with Crippen LogP contribution in [-0.2, 0) is 11.0 Å². The number of hydrogen-bond acceptors (Lipinski definition) is 5. The largest absolute Gasteiger partial charge is 0.481 e. The van der Waals surface area contributed by atoms with E-state index in [9.17, 15) is 37.1 Å². The minimum atomic E-state index is -4.96. The predicted molar refractivity (Wildman–Crippen MR) is 137 cm³/mol. The van der Waals surface area contributed by atoms with Crippen molar-refractivity contribution in [2.24, 2.45) is 10.8 Å². The Morgan fingerprint density at radius 2 is 1.73 bits per heavy atom. The third kappa shape index (κ3) is 5.70. The molecule has 1 unspecified atom stereocenters. The molecule has 2 heterocycles. The van der Waals surface area contributed by atoms with E-state index < -0.39 is 71.1 Å². The molecule has 0 radical (unpaired) electrons. The van der Waals surface area contributed by atoms with Gasteiger partial charge in [-0.1, -0.05) is 29.6 Å². The number of ketones is 1. The summed E-state index contributed by atoms with van der Waals surface area (Å²) < 4.78 is 57.9. The maximum Gasteiger partial charge on any atom is 0.433 e. The molecule has 0 spiro atoms. The number of pyridine rings is 1. The minimum Gasteiger partial charge on any atom is -0.481 e. The van der Waals surface area contributed by atoms with Crippen LogP contribution in [0.15, 0.2) is 18.6 Å². The van der Waals surface area contributed by atoms with Gasteiger partial charge in [-0.15, -0.1) is 0 Å². The Bertz CT molecular complexity index is 1280. The number of carboxylic acid groups (broad SMARTS) is 1. The van der Waals surface area contributed by atoms with Gasteiger partial charge in [0, 0.05) is 30.3 Å². The zero-order valence-corrected chi connectivity index (χ0v) is 23.0. The molecule has 2 aliphatic carbocycles. The highest BCUT2D eigenvalue weighted by Gasteiger charge is 2.48. The highest BCUT2D eigenvalue weighted by atomic mass is 35.5. The Balaban J connectivity index is 1.62. The lowest BCUT2D eigenvalue weighted by Gasteiger charge is -2.46. The van der Waals surface area contributed by atoms with Crippen molar-refractivity contribution in [3.8, 4) is 0 Å². The van der Waals surface area contributed by atoms with Gasteiger partial charge in [0.05, 0.1) is 45.5 Å². The molecule has 2 aromatic heterocycles. The van der Waals surface area contributed by atoms with Crippen molar-refractivity contribution in [2.75, 3.05) is 6.67 Å². The first-order chi connectivity index (χ1) is 18.7. The molecule has 0 aromatic carbocycles. The van der Waals surface area contributed by atoms with Gasteiger partial charge in [0.1, 0.15) is 0 Å². The molecule has 1 amide bonds. The number of alkyl halides is 4. The number of rotatable bonds is 9. The Morgan fingerprint density at radius 1 is 1.12 bits per heavy atom. The number of amides is 1. The lowest BCUT2D eigenvalue weighted by molar-refractivity contribution is -0.152. The summed E-state index contributed by atoms with van der Waals surface area (Å²) in [5.74, 6) is -2.78. The van der Waals surface area contributed by atoms with Crippen LogP contribution in [0.1, 0.15) is 90.7 Å². The average Bonchev–Trinajstić information content (AvgIpc) is 3.30. The summed E-state index contributed by atoms with van der Waals surface area (Å²) in [5.41, 5.74) is -4.28. The van der Waals surface area contributed by atoms with Gasteiger partial charge in [-0.3, -0.25) is 28.4 Å². The number of carbonyl (C=O) groups excluding carboxylic acids is 2. The normalized spacial score (nSPS) is 23.2. The number of nitrogens with one attached hydrogen (secondary N) is 1. The molecule has 1 atom stereocenters. The first-order valence-electron chi connectivity index (χ1n) is 12.8. The van der Waals surface area contributed by atoms with Crippen LogP contribution in [0.2, 0.25) is 10.0 Å². The van der Waals surface area contributed by atoms with Crippen molar-refractivity contribution < 1.29 is 37.1 Å². The third-order valence-corrected chi connectivity index (χ3v) is 8.98. The van der Waals surface area contributed by atoms with E-state index in [1.165, 1.54) is 12.4 Å². The van der Waals surface area contributed by atoms with Crippen LogP contribution < -0.4 is 5.32 Å². The van der Waals surface area contributed by atoms with Crippen LogP contribution in [0, 0.1) is 10.8 Å². The lowest BCUT2D eigenvalue weighted by Crippen LogP contribution is -2.53. The van der Waals surface area contributed by atoms with Gasteiger partial charge < -0.3 is 10.4 Å². The first-order valence-corrected chi connectivity index (χ1v) is 13.5. The average molecular weight is 607 g/mol. The molecule has 40 heavy (non-hydrogen) atoms. The number of halogens is 6. The quantitative estimate of drug-likeness (QED) is 0.255. The minimum absolute atomic E-state index is 0.0439. The molecule has 0 bridgehead atoms. The van der Waals surface area contributed by atoms with Crippen LogP contribution in [-0.4, -0.2) is 50.2 Å². The van der Waals surface area contributed by atoms with Crippen molar-refractivity contribution in [3.05, 3.63) is 45.5 Å². The van der Waals surface area contributed by atoms with Gasteiger partial charge in [0.15, 0.2) is 11.5 Å². The van der Waals surface area contributed by atoms with E-state index >= 15 is 0 Å². The van der Waals surface area contributed by atoms with E-state index in [0.717, 1.165) is 10.9 Å².